The van der Waals surface area contributed by atoms with Gasteiger partial charge in [-0.25, -0.2) is 4.79 Å². The highest BCUT2D eigenvalue weighted by molar-refractivity contribution is 5.89. The van der Waals surface area contributed by atoms with Crippen molar-refractivity contribution < 1.29 is 45.5 Å². The molecular formula is C29H33F6N3O4. The van der Waals surface area contributed by atoms with E-state index in [-0.39, 0.29) is 39.0 Å². The number of hydrogen-bond acceptors (Lipinski definition) is 4. The van der Waals surface area contributed by atoms with Gasteiger partial charge >= 0.3 is 18.4 Å². The van der Waals surface area contributed by atoms with Gasteiger partial charge < -0.3 is 20.3 Å². The molecule has 0 spiro atoms. The monoisotopic (exact) mass is 601 g/mol. The smallest absolute Gasteiger partial charge is 0.416 e. The summed E-state index contributed by atoms with van der Waals surface area (Å²) in [4.78, 5) is 40.1. The third-order valence-corrected chi connectivity index (χ3v) is 6.63. The molecule has 3 amide bonds. The Kier molecular flexibility index (Phi) is 10.2. The molecule has 1 aliphatic heterocycles. The summed E-state index contributed by atoms with van der Waals surface area (Å²) in [5, 5.41) is 5.40. The fourth-order valence-corrected chi connectivity index (χ4v) is 4.45. The van der Waals surface area contributed by atoms with Crippen molar-refractivity contribution in [2.75, 3.05) is 26.2 Å². The Morgan fingerprint density at radius 1 is 0.714 bits per heavy atom. The average molecular weight is 602 g/mol. The van der Waals surface area contributed by atoms with Crippen LogP contribution in [0.4, 0.5) is 31.1 Å². The van der Waals surface area contributed by atoms with Crippen molar-refractivity contribution in [1.82, 2.24) is 15.5 Å². The Hall–Kier alpha value is -3.77. The molecule has 7 nitrogen and oxygen atoms in total. The zero-order chi connectivity index (χ0) is 31.3. The molecule has 0 unspecified atom stereocenters. The van der Waals surface area contributed by atoms with Crippen molar-refractivity contribution in [1.29, 1.82) is 0 Å². The number of hydrogen-bond donors (Lipinski definition) is 2. The van der Waals surface area contributed by atoms with Gasteiger partial charge in [0.05, 0.1) is 23.0 Å². The predicted molar refractivity (Wildman–Crippen MR) is 141 cm³/mol. The maximum absolute atomic E-state index is 13.1. The van der Waals surface area contributed by atoms with E-state index in [0.717, 1.165) is 24.3 Å². The fraction of sp³-hybridized carbons (Fsp3) is 0.483. The second-order valence-corrected chi connectivity index (χ2v) is 11.1. The minimum atomic E-state index is -4.46. The second kappa shape index (κ2) is 13.0. The van der Waals surface area contributed by atoms with Crippen LogP contribution in [-0.4, -0.2) is 54.6 Å². The Morgan fingerprint density at radius 2 is 1.07 bits per heavy atom. The topological polar surface area (TPSA) is 87.7 Å². The number of halogens is 6. The number of carbonyl (C=O) groups is 3. The fourth-order valence-electron chi connectivity index (χ4n) is 4.45. The van der Waals surface area contributed by atoms with E-state index >= 15 is 0 Å². The molecule has 0 bridgehead atoms. The normalized spacial score (nSPS) is 17.6. The van der Waals surface area contributed by atoms with Gasteiger partial charge in [-0.2, -0.15) is 26.3 Å². The van der Waals surface area contributed by atoms with Gasteiger partial charge in [-0.05, 0) is 69.0 Å². The first-order valence-corrected chi connectivity index (χ1v) is 13.3. The third kappa shape index (κ3) is 9.38. The molecule has 3 rings (SSSR count). The van der Waals surface area contributed by atoms with Crippen molar-refractivity contribution >= 4 is 17.9 Å². The molecule has 1 saturated heterocycles. The van der Waals surface area contributed by atoms with Crippen LogP contribution in [0.1, 0.15) is 43.0 Å². The van der Waals surface area contributed by atoms with Crippen LogP contribution in [0.2, 0.25) is 0 Å². The average Bonchev–Trinajstić information content (AvgIpc) is 3.33. The summed E-state index contributed by atoms with van der Waals surface area (Å²) in [6.07, 6.45) is -9.11. The van der Waals surface area contributed by atoms with Gasteiger partial charge in [0.1, 0.15) is 5.60 Å². The Morgan fingerprint density at radius 3 is 1.38 bits per heavy atom. The van der Waals surface area contributed by atoms with E-state index in [1.54, 1.807) is 20.8 Å². The maximum Gasteiger partial charge on any atom is 0.416 e. The lowest BCUT2D eigenvalue weighted by atomic mass is 9.94. The number of rotatable bonds is 8. The lowest BCUT2D eigenvalue weighted by Gasteiger charge is -2.24. The molecule has 1 aliphatic rings. The number of nitrogens with zero attached hydrogens (tertiary/aromatic N) is 1. The molecule has 2 atom stereocenters. The molecule has 1 heterocycles. The lowest BCUT2D eigenvalue weighted by molar-refractivity contribution is -0.138. The van der Waals surface area contributed by atoms with Crippen LogP contribution in [0.3, 0.4) is 0 Å². The Balaban J connectivity index is 1.61. The Bertz CT molecular complexity index is 1150. The van der Waals surface area contributed by atoms with E-state index in [1.165, 1.54) is 29.2 Å². The standard InChI is InChI=1S/C29H33F6N3O4/c1-27(2,3)42-26(41)38-16-22(24(39)36-14-12-18-4-8-20(9-5-18)28(30,31)32)23(17-38)25(40)37-15-13-19-6-10-21(11-7-19)29(33,34)35/h4-11,22-23H,12-17H2,1-3H3,(H,36,39)(H,37,40)/t22-,23-/m0/s1. The van der Waals surface area contributed by atoms with Crippen LogP contribution in [0.25, 0.3) is 0 Å². The molecule has 0 radical (unpaired) electrons. The van der Waals surface area contributed by atoms with Crippen LogP contribution < -0.4 is 10.6 Å². The SMILES string of the molecule is CC(C)(C)OC(=O)N1C[C@H](C(=O)NCCc2ccc(C(F)(F)F)cc2)[C@@H](C(=O)NCCc2ccc(C(F)(F)F)cc2)C1. The molecule has 2 aromatic carbocycles. The number of likely N-dealkylation sites (tertiary alicyclic amines) is 1. The predicted octanol–water partition coefficient (Wildman–Crippen LogP) is 5.22. The first-order chi connectivity index (χ1) is 19.4. The lowest BCUT2D eigenvalue weighted by Crippen LogP contribution is -2.42. The molecule has 2 N–H and O–H groups in total. The van der Waals surface area contributed by atoms with Gasteiger partial charge in [-0.15, -0.1) is 0 Å². The van der Waals surface area contributed by atoms with Gasteiger partial charge in [0.2, 0.25) is 11.8 Å². The van der Waals surface area contributed by atoms with E-state index in [9.17, 15) is 40.7 Å². The highest BCUT2D eigenvalue weighted by Gasteiger charge is 2.44. The van der Waals surface area contributed by atoms with Crippen molar-refractivity contribution in [3.8, 4) is 0 Å². The maximum atomic E-state index is 13.1. The zero-order valence-electron chi connectivity index (χ0n) is 23.4. The van der Waals surface area contributed by atoms with Crippen LogP contribution in [-0.2, 0) is 39.5 Å². The summed E-state index contributed by atoms with van der Waals surface area (Å²) in [5.74, 6) is -2.85. The van der Waals surface area contributed by atoms with E-state index < -0.39 is 58.8 Å². The number of ether oxygens (including phenoxy) is 1. The molecule has 230 valence electrons. The third-order valence-electron chi connectivity index (χ3n) is 6.63. The highest BCUT2D eigenvalue weighted by atomic mass is 19.4. The van der Waals surface area contributed by atoms with E-state index in [4.69, 9.17) is 4.74 Å². The second-order valence-electron chi connectivity index (χ2n) is 11.1. The quantitative estimate of drug-likeness (QED) is 0.406. The van der Waals surface area contributed by atoms with Crippen molar-refractivity contribution in [2.45, 2.75) is 51.6 Å². The molecule has 42 heavy (non-hydrogen) atoms. The van der Waals surface area contributed by atoms with Gasteiger partial charge in [0, 0.05) is 26.2 Å². The first kappa shape index (κ1) is 32.7. The van der Waals surface area contributed by atoms with Crippen molar-refractivity contribution in [3.63, 3.8) is 0 Å². The van der Waals surface area contributed by atoms with Crippen LogP contribution in [0, 0.1) is 11.8 Å². The largest absolute Gasteiger partial charge is 0.444 e. The molecular weight excluding hydrogens is 568 g/mol. The number of nitrogens with one attached hydrogen (secondary N) is 2. The van der Waals surface area contributed by atoms with E-state index in [0.29, 0.717) is 11.1 Å². The van der Waals surface area contributed by atoms with Gasteiger partial charge in [0.15, 0.2) is 0 Å². The summed E-state index contributed by atoms with van der Waals surface area (Å²) >= 11 is 0. The van der Waals surface area contributed by atoms with Crippen molar-refractivity contribution in [3.05, 3.63) is 70.8 Å². The molecule has 13 heteroatoms. The molecule has 0 aliphatic carbocycles. The van der Waals surface area contributed by atoms with Crippen LogP contribution >= 0.6 is 0 Å². The minimum Gasteiger partial charge on any atom is -0.444 e. The number of benzene rings is 2. The van der Waals surface area contributed by atoms with Crippen molar-refractivity contribution in [2.24, 2.45) is 11.8 Å². The van der Waals surface area contributed by atoms with E-state index in [2.05, 4.69) is 10.6 Å². The van der Waals surface area contributed by atoms with Gasteiger partial charge in [-0.3, -0.25) is 9.59 Å². The molecule has 0 aromatic heterocycles. The number of alkyl halides is 6. The summed E-state index contributed by atoms with van der Waals surface area (Å²) in [5.41, 5.74) is -1.23. The summed E-state index contributed by atoms with van der Waals surface area (Å²) in [6, 6.07) is 9.11. The summed E-state index contributed by atoms with van der Waals surface area (Å²) < 4.78 is 82.1. The van der Waals surface area contributed by atoms with Crippen LogP contribution in [0.15, 0.2) is 48.5 Å². The molecule has 1 fully saturated rings. The van der Waals surface area contributed by atoms with Gasteiger partial charge in [0.25, 0.3) is 0 Å². The highest BCUT2D eigenvalue weighted by Crippen LogP contribution is 2.30. The minimum absolute atomic E-state index is 0.0853. The van der Waals surface area contributed by atoms with Crippen LogP contribution in [0.5, 0.6) is 0 Å². The summed E-state index contributed by atoms with van der Waals surface area (Å²) in [6.45, 7) is 5.05. The molecule has 2 aromatic rings. The Labute approximate surface area is 239 Å². The van der Waals surface area contributed by atoms with Gasteiger partial charge in [-0.1, -0.05) is 24.3 Å². The zero-order valence-corrected chi connectivity index (χ0v) is 23.4. The molecule has 0 saturated carbocycles. The first-order valence-electron chi connectivity index (χ1n) is 13.3. The van der Waals surface area contributed by atoms with E-state index in [1.807, 2.05) is 0 Å². The number of amides is 3. The number of carbonyl (C=O) groups excluding carboxylic acids is 3. The summed E-state index contributed by atoms with van der Waals surface area (Å²) in [7, 11) is 0.